The lowest BCUT2D eigenvalue weighted by molar-refractivity contribution is 0.321. The minimum Gasteiger partial charge on any atom is -0.452 e. The minimum absolute atomic E-state index is 0.197. The second-order valence-electron chi connectivity index (χ2n) is 3.63. The Bertz CT molecular complexity index is 783. The minimum atomic E-state index is -0.197. The van der Waals surface area contributed by atoms with E-state index in [-0.39, 0.29) is 11.2 Å². The van der Waals surface area contributed by atoms with Gasteiger partial charge in [0, 0.05) is 17.0 Å². The normalized spacial score (nSPS) is 11.8. The van der Waals surface area contributed by atoms with Crippen LogP contribution in [-0.4, -0.2) is 16.4 Å². The van der Waals surface area contributed by atoms with Crippen molar-refractivity contribution in [3.8, 4) is 0 Å². The Labute approximate surface area is 95.0 Å². The number of para-hydroxylation sites is 1. The van der Waals surface area contributed by atoms with Gasteiger partial charge in [-0.3, -0.25) is 4.79 Å². The van der Waals surface area contributed by atoms with Crippen LogP contribution in [0.1, 0.15) is 5.76 Å². The number of hydrogen-bond acceptors (Lipinski definition) is 4. The average Bonchev–Trinajstić information content (AvgIpc) is 2.69. The van der Waals surface area contributed by atoms with Gasteiger partial charge in [0.1, 0.15) is 11.7 Å². The first kappa shape index (κ1) is 9.65. The summed E-state index contributed by atoms with van der Waals surface area (Å²) in [5.74, 6) is 0.217. The third-order valence-corrected chi connectivity index (χ3v) is 2.58. The number of aromatic nitrogens is 1. The van der Waals surface area contributed by atoms with Crippen LogP contribution in [0.5, 0.6) is 0 Å². The number of fused-ring (bicyclic) bond motifs is 3. The molecule has 0 aliphatic rings. The maximum Gasteiger partial charge on any atom is 0.209 e. The standard InChI is InChI=1S/C12H8N2O3/c15-10-5-7(6-13-16)17-12-8-3-1-2-4-9(8)14-11(10)12/h1-6,14,16H/b13-6-. The molecule has 2 heterocycles. The molecule has 17 heavy (non-hydrogen) atoms. The number of hydrogen-bond donors (Lipinski definition) is 2. The molecule has 0 spiro atoms. The highest BCUT2D eigenvalue weighted by atomic mass is 16.4. The van der Waals surface area contributed by atoms with Crippen LogP contribution in [0, 0.1) is 0 Å². The van der Waals surface area contributed by atoms with E-state index in [0.29, 0.717) is 11.1 Å². The summed E-state index contributed by atoms with van der Waals surface area (Å²) in [6, 6.07) is 8.74. The van der Waals surface area contributed by atoms with Gasteiger partial charge in [0.15, 0.2) is 11.3 Å². The van der Waals surface area contributed by atoms with Crippen molar-refractivity contribution in [2.45, 2.75) is 0 Å². The van der Waals surface area contributed by atoms with Gasteiger partial charge in [-0.1, -0.05) is 17.3 Å². The van der Waals surface area contributed by atoms with Crippen molar-refractivity contribution in [3.63, 3.8) is 0 Å². The fourth-order valence-corrected chi connectivity index (χ4v) is 1.86. The number of benzene rings is 1. The Morgan fingerprint density at radius 1 is 1.35 bits per heavy atom. The average molecular weight is 228 g/mol. The molecule has 0 amide bonds. The molecule has 0 radical (unpaired) electrons. The molecule has 5 heteroatoms. The summed E-state index contributed by atoms with van der Waals surface area (Å²) in [7, 11) is 0. The lowest BCUT2D eigenvalue weighted by Crippen LogP contribution is -2.01. The molecule has 2 N–H and O–H groups in total. The van der Waals surface area contributed by atoms with E-state index in [1.54, 1.807) is 0 Å². The summed E-state index contributed by atoms with van der Waals surface area (Å²) in [4.78, 5) is 14.8. The topological polar surface area (TPSA) is 78.6 Å². The van der Waals surface area contributed by atoms with E-state index < -0.39 is 0 Å². The molecule has 0 unspecified atom stereocenters. The van der Waals surface area contributed by atoms with Crippen molar-refractivity contribution < 1.29 is 9.62 Å². The smallest absolute Gasteiger partial charge is 0.209 e. The molecular weight excluding hydrogens is 220 g/mol. The molecule has 0 saturated heterocycles. The third-order valence-electron chi connectivity index (χ3n) is 2.58. The van der Waals surface area contributed by atoms with Gasteiger partial charge >= 0.3 is 0 Å². The van der Waals surface area contributed by atoms with E-state index in [4.69, 9.17) is 9.62 Å². The first-order valence-corrected chi connectivity index (χ1v) is 5.01. The molecule has 5 nitrogen and oxygen atoms in total. The molecule has 0 saturated carbocycles. The highest BCUT2D eigenvalue weighted by molar-refractivity contribution is 6.03. The van der Waals surface area contributed by atoms with E-state index in [9.17, 15) is 4.79 Å². The van der Waals surface area contributed by atoms with E-state index in [1.807, 2.05) is 24.3 Å². The Morgan fingerprint density at radius 3 is 3.00 bits per heavy atom. The van der Waals surface area contributed by atoms with Crippen LogP contribution in [0.2, 0.25) is 0 Å². The predicted octanol–water partition coefficient (Wildman–Crippen LogP) is 2.08. The van der Waals surface area contributed by atoms with Crippen LogP contribution in [0.3, 0.4) is 0 Å². The number of H-pyrrole nitrogens is 1. The van der Waals surface area contributed by atoms with Crippen LogP contribution >= 0.6 is 0 Å². The van der Waals surface area contributed by atoms with Crippen molar-refractivity contribution in [1.29, 1.82) is 0 Å². The van der Waals surface area contributed by atoms with E-state index in [0.717, 1.165) is 17.1 Å². The van der Waals surface area contributed by atoms with Crippen molar-refractivity contribution >= 4 is 28.2 Å². The third kappa shape index (κ3) is 1.40. The maximum atomic E-state index is 11.8. The van der Waals surface area contributed by atoms with Gasteiger partial charge in [-0.15, -0.1) is 0 Å². The predicted molar refractivity (Wildman–Crippen MR) is 63.7 cm³/mol. The van der Waals surface area contributed by atoms with Gasteiger partial charge in [0.2, 0.25) is 5.43 Å². The van der Waals surface area contributed by atoms with E-state index >= 15 is 0 Å². The quantitative estimate of drug-likeness (QED) is 0.380. The van der Waals surface area contributed by atoms with E-state index in [1.165, 1.54) is 6.07 Å². The van der Waals surface area contributed by atoms with Gasteiger partial charge in [0.05, 0.1) is 0 Å². The van der Waals surface area contributed by atoms with Gasteiger partial charge in [-0.2, -0.15) is 0 Å². The van der Waals surface area contributed by atoms with Gasteiger partial charge in [0.25, 0.3) is 0 Å². The Hall–Kier alpha value is -2.56. The lowest BCUT2D eigenvalue weighted by atomic mass is 10.2. The van der Waals surface area contributed by atoms with Crippen LogP contribution in [0.4, 0.5) is 0 Å². The second-order valence-corrected chi connectivity index (χ2v) is 3.63. The number of aromatic amines is 1. The fourth-order valence-electron chi connectivity index (χ4n) is 1.86. The maximum absolute atomic E-state index is 11.8. The SMILES string of the molecule is O=c1cc(/C=N\O)oc2c1[nH]c1ccccc12. The Morgan fingerprint density at radius 2 is 2.18 bits per heavy atom. The first-order chi connectivity index (χ1) is 8.29. The summed E-state index contributed by atoms with van der Waals surface area (Å²) >= 11 is 0. The summed E-state index contributed by atoms with van der Waals surface area (Å²) in [6.07, 6.45) is 1.09. The second kappa shape index (κ2) is 3.48. The molecule has 1 aromatic carbocycles. The van der Waals surface area contributed by atoms with E-state index in [2.05, 4.69) is 10.1 Å². The molecule has 3 rings (SSSR count). The molecule has 84 valence electrons. The number of nitrogens with zero attached hydrogens (tertiary/aromatic N) is 1. The largest absolute Gasteiger partial charge is 0.452 e. The van der Waals surface area contributed by atoms with Gasteiger partial charge < -0.3 is 14.6 Å². The molecule has 0 aliphatic carbocycles. The summed E-state index contributed by atoms with van der Waals surface area (Å²) < 4.78 is 5.50. The van der Waals surface area contributed by atoms with Crippen molar-refractivity contribution in [2.75, 3.05) is 0 Å². The number of rotatable bonds is 1. The number of oxime groups is 1. The van der Waals surface area contributed by atoms with Crippen LogP contribution in [0.15, 0.2) is 44.7 Å². The summed E-state index contributed by atoms with van der Waals surface area (Å²) in [5.41, 5.74) is 1.53. The molecule has 0 atom stereocenters. The molecule has 0 bridgehead atoms. The summed E-state index contributed by atoms with van der Waals surface area (Å²) in [6.45, 7) is 0. The highest BCUT2D eigenvalue weighted by Crippen LogP contribution is 2.23. The zero-order valence-electron chi connectivity index (χ0n) is 8.68. The summed E-state index contributed by atoms with van der Waals surface area (Å²) in [5, 5.41) is 12.1. The lowest BCUT2D eigenvalue weighted by Gasteiger charge is -1.93. The van der Waals surface area contributed by atoms with Crippen LogP contribution in [-0.2, 0) is 0 Å². The molecule has 2 aromatic heterocycles. The molecule has 0 aliphatic heterocycles. The van der Waals surface area contributed by atoms with Crippen molar-refractivity contribution in [1.82, 2.24) is 4.98 Å². The van der Waals surface area contributed by atoms with Crippen molar-refractivity contribution in [3.05, 3.63) is 46.3 Å². The van der Waals surface area contributed by atoms with Crippen LogP contribution < -0.4 is 5.43 Å². The molecule has 0 fully saturated rings. The van der Waals surface area contributed by atoms with Gasteiger partial charge in [-0.05, 0) is 12.1 Å². The van der Waals surface area contributed by atoms with Gasteiger partial charge in [-0.25, -0.2) is 0 Å². The highest BCUT2D eigenvalue weighted by Gasteiger charge is 2.10. The number of nitrogens with one attached hydrogen (secondary N) is 1. The first-order valence-electron chi connectivity index (χ1n) is 5.01. The van der Waals surface area contributed by atoms with Crippen molar-refractivity contribution in [2.24, 2.45) is 5.16 Å². The zero-order chi connectivity index (χ0) is 11.8. The fraction of sp³-hybridized carbons (Fsp3) is 0. The zero-order valence-corrected chi connectivity index (χ0v) is 8.68. The van der Waals surface area contributed by atoms with Crippen LogP contribution in [0.25, 0.3) is 22.0 Å². The Kier molecular flexibility index (Phi) is 1.98. The molecule has 3 aromatic rings. The molecular formula is C12H8N2O3. The monoisotopic (exact) mass is 228 g/mol. The Balaban J connectivity index is 2.50.